The van der Waals surface area contributed by atoms with Crippen LogP contribution in [0.15, 0.2) is 24.3 Å². The third kappa shape index (κ3) is 5.25. The van der Waals surface area contributed by atoms with Gasteiger partial charge in [-0.3, -0.25) is 0 Å². The first kappa shape index (κ1) is 17.9. The summed E-state index contributed by atoms with van der Waals surface area (Å²) < 4.78 is 0. The van der Waals surface area contributed by atoms with Crippen LogP contribution in [0.4, 0.5) is 10.5 Å². The third-order valence-electron chi connectivity index (χ3n) is 3.38. The lowest BCUT2D eigenvalue weighted by Gasteiger charge is -2.25. The Labute approximate surface area is 131 Å². The lowest BCUT2D eigenvalue weighted by molar-refractivity contribution is 0.243. The summed E-state index contributed by atoms with van der Waals surface area (Å²) in [5.41, 5.74) is 1.87. The Bertz CT molecular complexity index is 468. The van der Waals surface area contributed by atoms with Crippen LogP contribution in [0.25, 0.3) is 0 Å². The van der Waals surface area contributed by atoms with Crippen LogP contribution in [0, 0.1) is 0 Å². The minimum absolute atomic E-state index is 0.00592. The molecule has 2 atom stereocenters. The maximum atomic E-state index is 12.1. The molecule has 0 aliphatic rings. The van der Waals surface area contributed by atoms with Gasteiger partial charge in [0.25, 0.3) is 0 Å². The highest BCUT2D eigenvalue weighted by Crippen LogP contribution is 2.29. The largest absolute Gasteiger partial charge is 0.395 e. The van der Waals surface area contributed by atoms with Gasteiger partial charge in [0.1, 0.15) is 0 Å². The fourth-order valence-electron chi connectivity index (χ4n) is 2.14. The summed E-state index contributed by atoms with van der Waals surface area (Å²) in [6.45, 7) is 8.28. The molecule has 2 unspecified atom stereocenters. The second-order valence-corrected chi connectivity index (χ2v) is 7.22. The van der Waals surface area contributed by atoms with Crippen LogP contribution in [0.3, 0.4) is 0 Å². The SMILES string of the molecule is CSC(CO)C(C)NC(=O)Nc1ccccc1C(C)(C)C. The normalized spacial score (nSPS) is 14.4. The van der Waals surface area contributed by atoms with Gasteiger partial charge in [0.15, 0.2) is 0 Å². The Morgan fingerprint density at radius 1 is 1.33 bits per heavy atom. The quantitative estimate of drug-likeness (QED) is 0.782. The number of anilines is 1. The number of hydrogen-bond donors (Lipinski definition) is 3. The summed E-state index contributed by atoms with van der Waals surface area (Å²) in [7, 11) is 0. The van der Waals surface area contributed by atoms with E-state index in [0.29, 0.717) is 0 Å². The Balaban J connectivity index is 2.76. The summed E-state index contributed by atoms with van der Waals surface area (Å²) in [6, 6.07) is 7.47. The van der Waals surface area contributed by atoms with Crippen LogP contribution in [0.5, 0.6) is 0 Å². The molecule has 1 rings (SSSR count). The number of thioether (sulfide) groups is 1. The van der Waals surface area contributed by atoms with E-state index in [1.807, 2.05) is 37.4 Å². The number of rotatable bonds is 5. The van der Waals surface area contributed by atoms with E-state index in [1.54, 1.807) is 11.8 Å². The molecule has 0 saturated heterocycles. The average molecular weight is 310 g/mol. The smallest absolute Gasteiger partial charge is 0.319 e. The van der Waals surface area contributed by atoms with Crippen LogP contribution in [-0.4, -0.2) is 35.3 Å². The van der Waals surface area contributed by atoms with Crippen LogP contribution in [0.1, 0.15) is 33.3 Å². The second kappa shape index (κ2) is 7.71. The molecule has 3 N–H and O–H groups in total. The van der Waals surface area contributed by atoms with Gasteiger partial charge in [-0.2, -0.15) is 11.8 Å². The summed E-state index contributed by atoms with van der Waals surface area (Å²) >= 11 is 1.54. The molecular weight excluding hydrogens is 284 g/mol. The predicted molar refractivity (Wildman–Crippen MR) is 91.1 cm³/mol. The van der Waals surface area contributed by atoms with E-state index < -0.39 is 0 Å². The highest BCUT2D eigenvalue weighted by Gasteiger charge is 2.20. The van der Waals surface area contributed by atoms with Gasteiger partial charge in [-0.1, -0.05) is 39.0 Å². The van der Waals surface area contributed by atoms with Crippen molar-refractivity contribution in [2.75, 3.05) is 18.2 Å². The minimum Gasteiger partial charge on any atom is -0.395 e. The van der Waals surface area contributed by atoms with Crippen molar-refractivity contribution in [3.05, 3.63) is 29.8 Å². The molecule has 118 valence electrons. The van der Waals surface area contributed by atoms with Crippen LogP contribution >= 0.6 is 11.8 Å². The molecule has 0 aliphatic heterocycles. The van der Waals surface area contributed by atoms with Crippen LogP contribution in [0.2, 0.25) is 0 Å². The van der Waals surface area contributed by atoms with Crippen molar-refractivity contribution in [1.82, 2.24) is 5.32 Å². The molecule has 0 heterocycles. The molecular formula is C16H26N2O2S. The molecule has 0 fully saturated rings. The summed E-state index contributed by atoms with van der Waals surface area (Å²) in [4.78, 5) is 12.1. The number of aliphatic hydroxyl groups excluding tert-OH is 1. The molecule has 2 amide bonds. The minimum atomic E-state index is -0.244. The lowest BCUT2D eigenvalue weighted by Crippen LogP contribution is -2.43. The molecule has 0 bridgehead atoms. The zero-order valence-electron chi connectivity index (χ0n) is 13.4. The van der Waals surface area contributed by atoms with Gasteiger partial charge in [0, 0.05) is 17.0 Å². The number of aliphatic hydroxyl groups is 1. The first-order chi connectivity index (χ1) is 9.79. The predicted octanol–water partition coefficient (Wildman–Crippen LogP) is 3.22. The van der Waals surface area contributed by atoms with Crippen molar-refractivity contribution >= 4 is 23.5 Å². The van der Waals surface area contributed by atoms with Gasteiger partial charge >= 0.3 is 6.03 Å². The number of urea groups is 1. The standard InChI is InChI=1S/C16H26N2O2S/c1-11(14(10-19)21-5)17-15(20)18-13-9-7-6-8-12(13)16(2,3)4/h6-9,11,14,19H,10H2,1-5H3,(H2,17,18,20). The zero-order valence-corrected chi connectivity index (χ0v) is 14.3. The second-order valence-electron chi connectivity index (χ2n) is 6.14. The Morgan fingerprint density at radius 3 is 2.48 bits per heavy atom. The van der Waals surface area contributed by atoms with Gasteiger partial charge in [0.2, 0.25) is 0 Å². The van der Waals surface area contributed by atoms with E-state index in [0.717, 1.165) is 11.3 Å². The molecule has 1 aromatic rings. The zero-order chi connectivity index (χ0) is 16.0. The fourth-order valence-corrected chi connectivity index (χ4v) is 2.77. The van der Waals surface area contributed by atoms with E-state index >= 15 is 0 Å². The van der Waals surface area contributed by atoms with Crippen LogP contribution in [-0.2, 0) is 5.41 Å². The van der Waals surface area contributed by atoms with Gasteiger partial charge in [-0.05, 0) is 30.2 Å². The maximum Gasteiger partial charge on any atom is 0.319 e. The van der Waals surface area contributed by atoms with Gasteiger partial charge < -0.3 is 15.7 Å². The van der Waals surface area contributed by atoms with Crippen molar-refractivity contribution in [3.63, 3.8) is 0 Å². The van der Waals surface area contributed by atoms with Crippen molar-refractivity contribution in [2.45, 2.75) is 44.4 Å². The third-order valence-corrected chi connectivity index (χ3v) is 4.55. The maximum absolute atomic E-state index is 12.1. The molecule has 4 nitrogen and oxygen atoms in total. The van der Waals surface area contributed by atoms with Gasteiger partial charge in [0.05, 0.1) is 6.61 Å². The van der Waals surface area contributed by atoms with E-state index in [4.69, 9.17) is 0 Å². The monoisotopic (exact) mass is 310 g/mol. The van der Waals surface area contributed by atoms with Gasteiger partial charge in [-0.15, -0.1) is 0 Å². The van der Waals surface area contributed by atoms with E-state index in [9.17, 15) is 9.90 Å². The van der Waals surface area contributed by atoms with Crippen molar-refractivity contribution in [2.24, 2.45) is 0 Å². The molecule has 5 heteroatoms. The molecule has 21 heavy (non-hydrogen) atoms. The van der Waals surface area contributed by atoms with Crippen molar-refractivity contribution in [1.29, 1.82) is 0 Å². The number of benzene rings is 1. The van der Waals surface area contributed by atoms with Crippen LogP contribution < -0.4 is 10.6 Å². The Hall–Kier alpha value is -1.20. The molecule has 0 spiro atoms. The highest BCUT2D eigenvalue weighted by molar-refractivity contribution is 7.99. The molecule has 0 radical (unpaired) electrons. The molecule has 0 aliphatic carbocycles. The topological polar surface area (TPSA) is 61.4 Å². The molecule has 1 aromatic carbocycles. The number of carbonyl (C=O) groups is 1. The summed E-state index contributed by atoms with van der Waals surface area (Å²) in [6.07, 6.45) is 1.92. The van der Waals surface area contributed by atoms with E-state index in [1.165, 1.54) is 0 Å². The van der Waals surface area contributed by atoms with Crippen molar-refractivity contribution < 1.29 is 9.90 Å². The number of hydrogen-bond acceptors (Lipinski definition) is 3. The number of carbonyl (C=O) groups excluding carboxylic acids is 1. The average Bonchev–Trinajstić information content (AvgIpc) is 2.39. The van der Waals surface area contributed by atoms with Crippen molar-refractivity contribution in [3.8, 4) is 0 Å². The van der Waals surface area contributed by atoms with E-state index in [-0.39, 0.29) is 29.3 Å². The highest BCUT2D eigenvalue weighted by atomic mass is 32.2. The number of amides is 2. The van der Waals surface area contributed by atoms with E-state index in [2.05, 4.69) is 31.4 Å². The Morgan fingerprint density at radius 2 is 1.95 bits per heavy atom. The fraction of sp³-hybridized carbons (Fsp3) is 0.562. The van der Waals surface area contributed by atoms with Gasteiger partial charge in [-0.25, -0.2) is 4.79 Å². The number of para-hydroxylation sites is 1. The lowest BCUT2D eigenvalue weighted by atomic mass is 9.86. The first-order valence-electron chi connectivity index (χ1n) is 7.10. The summed E-state index contributed by atoms with van der Waals surface area (Å²) in [5.74, 6) is 0. The first-order valence-corrected chi connectivity index (χ1v) is 8.39. The number of nitrogens with one attached hydrogen (secondary N) is 2. The molecule has 0 aromatic heterocycles. The summed E-state index contributed by atoms with van der Waals surface area (Å²) in [5, 5.41) is 15.0. The Kier molecular flexibility index (Phi) is 6.55. The molecule has 0 saturated carbocycles.